The highest BCUT2D eigenvalue weighted by Crippen LogP contribution is 2.39. The molecule has 0 bridgehead atoms. The first-order chi connectivity index (χ1) is 57.4. The number of rotatable bonds is 13. The minimum absolute atomic E-state index is 0. The molecule has 12 aromatic carbocycles. The number of benzene rings is 12. The van der Waals surface area contributed by atoms with Crippen LogP contribution in [0.3, 0.4) is 0 Å². The van der Waals surface area contributed by atoms with Gasteiger partial charge < -0.3 is 40.4 Å². The van der Waals surface area contributed by atoms with Crippen molar-refractivity contribution in [3.05, 3.63) is 374 Å². The van der Waals surface area contributed by atoms with E-state index in [0.29, 0.717) is 85.2 Å². The summed E-state index contributed by atoms with van der Waals surface area (Å²) < 4.78 is 0.939. The number of carbonyl (C=O) groups excluding carboxylic acids is 4. The Kier molecular flexibility index (Phi) is 32.7. The fourth-order valence-corrected chi connectivity index (χ4v) is 16.3. The van der Waals surface area contributed by atoms with Crippen LogP contribution in [0, 0.1) is 0 Å². The quantitative estimate of drug-likeness (QED) is 0.0745. The summed E-state index contributed by atoms with van der Waals surface area (Å²) in [5.74, 6) is 0.625. The maximum Gasteiger partial charge on any atom is 0.251 e. The summed E-state index contributed by atoms with van der Waals surface area (Å²) in [5.41, 5.74) is 18.5. The molecule has 0 fully saturated rings. The van der Waals surface area contributed by atoms with Crippen LogP contribution in [-0.2, 0) is 50.3 Å². The number of halogens is 6. The third-order valence-corrected chi connectivity index (χ3v) is 23.2. The molecule has 4 heterocycles. The Bertz CT molecular complexity index is 5990. The summed E-state index contributed by atoms with van der Waals surface area (Å²) in [6, 6.07) is 78.3. The molecule has 0 spiro atoms. The van der Waals surface area contributed by atoms with Gasteiger partial charge in [-0.05, 0) is 227 Å². The van der Waals surface area contributed by atoms with Gasteiger partial charge in [-0.2, -0.15) is 0 Å². The number of anilines is 4. The number of aliphatic imine (C=N–C) groups is 4. The first kappa shape index (κ1) is 96.2. The van der Waals surface area contributed by atoms with Gasteiger partial charge in [-0.25, -0.2) is 0 Å². The molecule has 4 aliphatic rings. The van der Waals surface area contributed by atoms with Gasteiger partial charge in [-0.3, -0.25) is 39.1 Å². The monoisotopic (exact) mass is 1820 g/mol. The van der Waals surface area contributed by atoms with Crippen LogP contribution in [0.15, 0.2) is 291 Å². The van der Waals surface area contributed by atoms with E-state index >= 15 is 0 Å². The van der Waals surface area contributed by atoms with Crippen LogP contribution in [0.1, 0.15) is 148 Å². The summed E-state index contributed by atoms with van der Waals surface area (Å²) in [4.78, 5) is 77.7. The molecule has 124 heavy (non-hydrogen) atoms. The first-order valence-corrected chi connectivity index (χ1v) is 41.6. The summed E-state index contributed by atoms with van der Waals surface area (Å²) >= 11 is 35.0. The number of hydrogen-bond donors (Lipinski definition) is 5. The van der Waals surface area contributed by atoms with Gasteiger partial charge in [-0.15, -0.1) is 0 Å². The van der Waals surface area contributed by atoms with Crippen molar-refractivity contribution in [3.8, 4) is 23.0 Å². The van der Waals surface area contributed by atoms with Crippen LogP contribution < -0.4 is 20.0 Å². The molecular formula is C102H102BrCl5N8O8. The van der Waals surface area contributed by atoms with Crippen LogP contribution >= 0.6 is 73.9 Å². The Hall–Kier alpha value is -11.7. The minimum atomic E-state index is -0.644. The highest BCUT2D eigenvalue weighted by atomic mass is 79.9. The average Bonchev–Trinajstić information content (AvgIpc) is 1.65. The zero-order valence-electron chi connectivity index (χ0n) is 66.9. The lowest BCUT2D eigenvalue weighted by molar-refractivity contribution is -0.120. The molecular weight excluding hydrogens is 1720 g/mol. The van der Waals surface area contributed by atoms with E-state index in [1.807, 2.05) is 127 Å². The molecule has 16 rings (SSSR count). The van der Waals surface area contributed by atoms with Crippen molar-refractivity contribution in [2.75, 3.05) is 41.2 Å². The highest BCUT2D eigenvalue weighted by Gasteiger charge is 2.36. The number of amides is 4. The van der Waals surface area contributed by atoms with E-state index < -0.39 is 24.2 Å². The largest absolute Gasteiger partial charge is 0.508 e. The van der Waals surface area contributed by atoms with E-state index in [9.17, 15) is 39.6 Å². The number of fused-ring (bicyclic) bond motifs is 4. The van der Waals surface area contributed by atoms with Crippen LogP contribution in [0.5, 0.6) is 23.0 Å². The van der Waals surface area contributed by atoms with Gasteiger partial charge in [-0.1, -0.05) is 223 Å². The first-order valence-electron chi connectivity index (χ1n) is 38.9. The second-order valence-electron chi connectivity index (χ2n) is 30.8. The Morgan fingerprint density at radius 2 is 0.677 bits per heavy atom. The third kappa shape index (κ3) is 22.5. The molecule has 0 saturated carbocycles. The normalized spacial score (nSPS) is 15.7. The lowest BCUT2D eigenvalue weighted by Gasteiger charge is -2.25. The van der Waals surface area contributed by atoms with E-state index in [1.54, 1.807) is 151 Å². The number of phenols is 4. The van der Waals surface area contributed by atoms with Gasteiger partial charge in [0.05, 0.1) is 45.6 Å². The molecule has 640 valence electrons. The molecule has 4 atom stereocenters. The number of hydrogen-bond acceptors (Lipinski definition) is 12. The molecule has 5 N–H and O–H groups in total. The van der Waals surface area contributed by atoms with E-state index in [4.69, 9.17) is 78.0 Å². The van der Waals surface area contributed by atoms with Gasteiger partial charge in [0.15, 0.2) is 0 Å². The molecule has 0 aliphatic carbocycles. The van der Waals surface area contributed by atoms with Crippen molar-refractivity contribution < 1.29 is 39.6 Å². The van der Waals surface area contributed by atoms with E-state index in [2.05, 4.69) is 80.1 Å². The van der Waals surface area contributed by atoms with Gasteiger partial charge in [0, 0.05) is 121 Å². The second-order valence-corrected chi connectivity index (χ2v) is 33.8. The second kappa shape index (κ2) is 42.1. The van der Waals surface area contributed by atoms with E-state index in [-0.39, 0.29) is 81.7 Å². The number of carbonyl (C=O) groups is 4. The highest BCUT2D eigenvalue weighted by molar-refractivity contribution is 9.10. The standard InChI is InChI=1S/C27H27ClN2O2.C26H25ClN2O2.C23H18Cl2N2O2.C22H16BrClN2O2.4CH4/c1-27(2,3)22-8-6-5-7-18(22)15-23-26(32)30(4)24-14-11-19(28)16-21(24)25(29-23)17-9-12-20(31)13-10-17;1-16(2)21-7-5-4-6-18(21)14-23-26(31)29(3)24-13-10-19(27)15-22(24)25(28-23)17-8-11-20(30)12-9-17;1-27-21-11-8-16(24)13-18(21)22(14-6-9-17(28)10-7-14)26-20(23(27)29)12-15-4-2-3-5-19(15)25;23-18-4-2-1-3-14(18)11-20-22(28)26-19-10-7-15(24)12-17(19)21(25-20)13-5-8-16(27)9-6-13;;;;/h5-14,16,23,31H,15H2,1-4H3;4-13,15-16,23,30H,14H2,1-3H3;2-11,13,20,28H,12H2,1H3;1-10,12,20,27H,11H2,(H,26,28);4*1H4. The molecule has 0 aromatic heterocycles. The zero-order chi connectivity index (χ0) is 85.4. The van der Waals surface area contributed by atoms with Crippen molar-refractivity contribution in [2.24, 2.45) is 20.0 Å². The molecule has 0 radical (unpaired) electrons. The molecule has 4 amide bonds. The molecule has 16 nitrogen and oxygen atoms in total. The van der Waals surface area contributed by atoms with Crippen molar-refractivity contribution >= 4 is 143 Å². The van der Waals surface area contributed by atoms with Gasteiger partial charge in [0.2, 0.25) is 5.91 Å². The maximum absolute atomic E-state index is 13.5. The number of nitrogens with zero attached hydrogens (tertiary/aromatic N) is 7. The number of nitrogens with one attached hydrogen (secondary N) is 1. The maximum atomic E-state index is 13.5. The summed E-state index contributed by atoms with van der Waals surface area (Å²) in [7, 11) is 5.31. The predicted molar refractivity (Wildman–Crippen MR) is 518 cm³/mol. The topological polar surface area (TPSA) is 220 Å². The average molecular weight is 1830 g/mol. The molecule has 22 heteroatoms. The van der Waals surface area contributed by atoms with Gasteiger partial charge in [0.1, 0.15) is 47.2 Å². The number of aromatic hydroxyl groups is 4. The van der Waals surface area contributed by atoms with Gasteiger partial charge in [0.25, 0.3) is 17.7 Å². The van der Waals surface area contributed by atoms with Crippen LogP contribution in [0.25, 0.3) is 0 Å². The molecule has 0 saturated heterocycles. The summed E-state index contributed by atoms with van der Waals surface area (Å²) in [6.45, 7) is 10.8. The van der Waals surface area contributed by atoms with Crippen molar-refractivity contribution in [1.82, 2.24) is 0 Å². The Morgan fingerprint density at radius 1 is 0.371 bits per heavy atom. The van der Waals surface area contributed by atoms with Crippen molar-refractivity contribution in [2.45, 2.75) is 126 Å². The van der Waals surface area contributed by atoms with Crippen LogP contribution in [0.4, 0.5) is 22.7 Å². The predicted octanol–water partition coefficient (Wildman–Crippen LogP) is 24.2. The zero-order valence-corrected chi connectivity index (χ0v) is 72.3. The fourth-order valence-electron chi connectivity index (χ4n) is 15.0. The SMILES string of the molecule is C.C.C.C.CC(C)c1ccccc1CC1N=C(c2ccc(O)cc2)c2cc(Cl)ccc2N(C)C1=O.CN1C(=O)C(Cc2ccccc2C(C)(C)C)N=C(c2ccc(O)cc2)c2cc(Cl)ccc21.CN1C(=O)C(Cc2ccccc2Cl)N=C(c2ccc(O)cc2)c2cc(Cl)ccc21.O=C1Nc2ccc(Cl)cc2C(c2ccc(O)cc2)=NC1Cc1ccccc1Br. The van der Waals surface area contributed by atoms with Gasteiger partial charge >= 0.3 is 0 Å². The number of likely N-dealkylation sites (N-methyl/N-ethyl adjacent to an activating group) is 3. The smallest absolute Gasteiger partial charge is 0.251 e. The fraction of sp³-hybridized carbons (Fsp3) is 0.216. The van der Waals surface area contributed by atoms with Crippen molar-refractivity contribution in [1.29, 1.82) is 0 Å². The molecule has 4 aliphatic heterocycles. The number of phenolic OH excluding ortho intramolecular Hbond substituents is 4. The van der Waals surface area contributed by atoms with Crippen LogP contribution in [-0.4, -0.2) is 112 Å². The van der Waals surface area contributed by atoms with E-state index in [1.165, 1.54) is 11.1 Å². The molecule has 4 unspecified atom stereocenters. The number of benzodiazepines with no additional fused rings is 4. The van der Waals surface area contributed by atoms with Crippen molar-refractivity contribution in [3.63, 3.8) is 0 Å². The third-order valence-electron chi connectivity index (χ3n) is 21.1. The Morgan fingerprint density at radius 3 is 1.06 bits per heavy atom. The summed E-state index contributed by atoms with van der Waals surface area (Å²) in [5, 5.41) is 44.7. The lowest BCUT2D eigenvalue weighted by Crippen LogP contribution is -2.36. The molecule has 12 aromatic rings. The Balaban J connectivity index is 0.000000186. The summed E-state index contributed by atoms with van der Waals surface area (Å²) in [6.07, 6.45) is 1.85. The van der Waals surface area contributed by atoms with Crippen LogP contribution in [0.2, 0.25) is 25.1 Å². The minimum Gasteiger partial charge on any atom is -0.508 e. The Labute approximate surface area is 761 Å². The van der Waals surface area contributed by atoms with E-state index in [0.717, 1.165) is 88.3 Å². The lowest BCUT2D eigenvalue weighted by atomic mass is 9.82.